The van der Waals surface area contributed by atoms with Crippen LogP contribution in [-0.4, -0.2) is 21.0 Å². The Kier molecular flexibility index (Phi) is 3.76. The van der Waals surface area contributed by atoms with Gasteiger partial charge in [0.15, 0.2) is 17.4 Å². The van der Waals surface area contributed by atoms with Crippen molar-refractivity contribution in [3.8, 4) is 11.6 Å². The van der Waals surface area contributed by atoms with Crippen LogP contribution in [0.25, 0.3) is 0 Å². The number of nitrogens with two attached hydrogens (primary N) is 1. The van der Waals surface area contributed by atoms with E-state index >= 15 is 0 Å². The highest BCUT2D eigenvalue weighted by Gasteiger charge is 2.10. The van der Waals surface area contributed by atoms with Crippen LogP contribution >= 0.6 is 11.6 Å². The molecule has 0 aliphatic rings. The van der Waals surface area contributed by atoms with Gasteiger partial charge in [-0.1, -0.05) is 22.8 Å². The quantitative estimate of drug-likeness (QED) is 0.389. The Morgan fingerprint density at radius 1 is 1.37 bits per heavy atom. The molecule has 0 spiro atoms. The first-order valence-electron chi connectivity index (χ1n) is 5.03. The van der Waals surface area contributed by atoms with E-state index in [1.165, 1.54) is 24.5 Å². The Hall–Kier alpha value is -2.41. The van der Waals surface area contributed by atoms with E-state index in [0.717, 1.165) is 0 Å². The molecular weight excluding hydrogens is 275 g/mol. The molecular formula is C11H8ClFN4O2. The Bertz CT molecular complexity index is 619. The van der Waals surface area contributed by atoms with Crippen molar-refractivity contribution in [2.24, 2.45) is 10.9 Å². The Morgan fingerprint density at radius 2 is 2.16 bits per heavy atom. The van der Waals surface area contributed by atoms with Gasteiger partial charge in [-0.15, -0.1) is 0 Å². The number of hydrogen-bond acceptors (Lipinski definition) is 5. The molecule has 0 amide bonds. The lowest BCUT2D eigenvalue weighted by Gasteiger charge is -2.06. The van der Waals surface area contributed by atoms with Gasteiger partial charge in [0.1, 0.15) is 5.69 Å². The number of amidine groups is 1. The van der Waals surface area contributed by atoms with Crippen molar-refractivity contribution in [3.63, 3.8) is 0 Å². The second kappa shape index (κ2) is 5.49. The minimum atomic E-state index is -0.688. The monoisotopic (exact) mass is 282 g/mol. The summed E-state index contributed by atoms with van der Waals surface area (Å²) in [5, 5.41) is 11.2. The molecule has 0 aliphatic heterocycles. The van der Waals surface area contributed by atoms with Crippen molar-refractivity contribution in [2.75, 3.05) is 0 Å². The fraction of sp³-hybridized carbons (Fsp3) is 0. The molecule has 0 radical (unpaired) electrons. The Balaban J connectivity index is 2.22. The molecule has 3 N–H and O–H groups in total. The lowest BCUT2D eigenvalue weighted by atomic mass is 10.3. The summed E-state index contributed by atoms with van der Waals surface area (Å²) >= 11 is 5.61. The summed E-state index contributed by atoms with van der Waals surface area (Å²) in [5.74, 6) is -0.895. The number of hydrogen-bond donors (Lipinski definition) is 2. The normalized spacial score (nSPS) is 11.4. The van der Waals surface area contributed by atoms with Gasteiger partial charge < -0.3 is 15.7 Å². The fourth-order valence-electron chi connectivity index (χ4n) is 1.23. The number of ether oxygens (including phenoxy) is 1. The van der Waals surface area contributed by atoms with Gasteiger partial charge in [0.25, 0.3) is 0 Å². The number of benzene rings is 1. The molecule has 2 rings (SSSR count). The van der Waals surface area contributed by atoms with Crippen molar-refractivity contribution in [2.45, 2.75) is 0 Å². The van der Waals surface area contributed by atoms with Crippen LogP contribution in [0.15, 0.2) is 35.7 Å². The van der Waals surface area contributed by atoms with Gasteiger partial charge in [0.05, 0.1) is 17.4 Å². The maximum absolute atomic E-state index is 13.6. The summed E-state index contributed by atoms with van der Waals surface area (Å²) in [5.41, 5.74) is 5.49. The zero-order valence-electron chi connectivity index (χ0n) is 9.42. The van der Waals surface area contributed by atoms with Crippen molar-refractivity contribution < 1.29 is 14.3 Å². The highest BCUT2D eigenvalue weighted by molar-refractivity contribution is 6.30. The zero-order chi connectivity index (χ0) is 13.8. The summed E-state index contributed by atoms with van der Waals surface area (Å²) in [4.78, 5) is 7.69. The van der Waals surface area contributed by atoms with E-state index in [2.05, 4.69) is 15.1 Å². The minimum absolute atomic E-state index is 0.0515. The van der Waals surface area contributed by atoms with Crippen LogP contribution in [0.5, 0.6) is 11.6 Å². The highest BCUT2D eigenvalue weighted by Crippen LogP contribution is 2.27. The van der Waals surface area contributed by atoms with E-state index in [0.29, 0.717) is 0 Å². The van der Waals surface area contributed by atoms with Gasteiger partial charge in [-0.2, -0.15) is 0 Å². The average Bonchev–Trinajstić information content (AvgIpc) is 2.44. The van der Waals surface area contributed by atoms with Crippen LogP contribution in [-0.2, 0) is 0 Å². The van der Waals surface area contributed by atoms with Crippen molar-refractivity contribution in [1.82, 2.24) is 9.97 Å². The number of aromatic nitrogens is 2. The molecule has 0 aliphatic carbocycles. The van der Waals surface area contributed by atoms with Gasteiger partial charge in [0, 0.05) is 0 Å². The number of oxime groups is 1. The van der Waals surface area contributed by atoms with Crippen LogP contribution in [0.2, 0.25) is 5.02 Å². The third kappa shape index (κ3) is 2.89. The summed E-state index contributed by atoms with van der Waals surface area (Å²) in [6.07, 6.45) is 2.44. The molecule has 0 fully saturated rings. The van der Waals surface area contributed by atoms with E-state index in [1.807, 2.05) is 0 Å². The molecule has 0 atom stereocenters. The molecule has 19 heavy (non-hydrogen) atoms. The highest BCUT2D eigenvalue weighted by atomic mass is 35.5. The standard InChI is InChI=1S/C11H8ClFN4O2/c12-6-2-1-3-8(10(6)13)19-9-5-15-7(4-16-9)11(14)17-18/h1-5,18H,(H2,14,17). The molecule has 1 aromatic heterocycles. The van der Waals surface area contributed by atoms with Gasteiger partial charge >= 0.3 is 0 Å². The first-order chi connectivity index (χ1) is 9.11. The van der Waals surface area contributed by atoms with Crippen molar-refractivity contribution in [1.29, 1.82) is 0 Å². The van der Waals surface area contributed by atoms with E-state index < -0.39 is 5.82 Å². The van der Waals surface area contributed by atoms with Crippen molar-refractivity contribution in [3.05, 3.63) is 47.1 Å². The van der Waals surface area contributed by atoms with Gasteiger partial charge in [-0.05, 0) is 12.1 Å². The molecule has 2 aromatic rings. The van der Waals surface area contributed by atoms with Crippen LogP contribution in [0, 0.1) is 5.82 Å². The SMILES string of the molecule is N/C(=N/O)c1cnc(Oc2cccc(Cl)c2F)cn1. The average molecular weight is 283 g/mol. The molecule has 0 bridgehead atoms. The third-order valence-corrected chi connectivity index (χ3v) is 2.42. The second-order valence-electron chi connectivity index (χ2n) is 3.38. The summed E-state index contributed by atoms with van der Waals surface area (Å²) in [6, 6.07) is 4.34. The largest absolute Gasteiger partial charge is 0.434 e. The predicted molar refractivity (Wildman–Crippen MR) is 66.0 cm³/mol. The molecule has 6 nitrogen and oxygen atoms in total. The Morgan fingerprint density at radius 3 is 2.79 bits per heavy atom. The zero-order valence-corrected chi connectivity index (χ0v) is 10.2. The van der Waals surface area contributed by atoms with Crippen LogP contribution in [0.3, 0.4) is 0 Å². The maximum atomic E-state index is 13.6. The minimum Gasteiger partial charge on any atom is -0.434 e. The third-order valence-electron chi connectivity index (χ3n) is 2.13. The fourth-order valence-corrected chi connectivity index (χ4v) is 1.39. The molecule has 98 valence electrons. The smallest absolute Gasteiger partial charge is 0.238 e. The van der Waals surface area contributed by atoms with E-state index in [1.54, 1.807) is 6.07 Å². The first-order valence-corrected chi connectivity index (χ1v) is 5.41. The second-order valence-corrected chi connectivity index (χ2v) is 3.79. The lowest BCUT2D eigenvalue weighted by molar-refractivity contribution is 0.318. The number of rotatable bonds is 3. The first kappa shape index (κ1) is 13.0. The van der Waals surface area contributed by atoms with Crippen molar-refractivity contribution >= 4 is 17.4 Å². The molecule has 1 heterocycles. The van der Waals surface area contributed by atoms with Gasteiger partial charge in [-0.3, -0.25) is 0 Å². The van der Waals surface area contributed by atoms with Crippen LogP contribution in [0.4, 0.5) is 4.39 Å². The number of halogens is 2. The summed E-state index contributed by atoms with van der Waals surface area (Å²) < 4.78 is 18.8. The van der Waals surface area contributed by atoms with E-state index in [-0.39, 0.29) is 28.2 Å². The van der Waals surface area contributed by atoms with Gasteiger partial charge in [0.2, 0.25) is 5.88 Å². The Labute approximate surface area is 112 Å². The molecule has 0 saturated heterocycles. The molecule has 8 heteroatoms. The predicted octanol–water partition coefficient (Wildman–Crippen LogP) is 2.16. The summed E-state index contributed by atoms with van der Waals surface area (Å²) in [7, 11) is 0. The van der Waals surface area contributed by atoms with Crippen LogP contribution < -0.4 is 10.5 Å². The lowest BCUT2D eigenvalue weighted by Crippen LogP contribution is -2.15. The van der Waals surface area contributed by atoms with Crippen LogP contribution in [0.1, 0.15) is 5.69 Å². The van der Waals surface area contributed by atoms with E-state index in [4.69, 9.17) is 27.3 Å². The molecule has 1 aromatic carbocycles. The number of nitrogens with zero attached hydrogens (tertiary/aromatic N) is 3. The topological polar surface area (TPSA) is 93.6 Å². The molecule has 0 saturated carbocycles. The maximum Gasteiger partial charge on any atom is 0.238 e. The van der Waals surface area contributed by atoms with E-state index in [9.17, 15) is 4.39 Å². The molecule has 0 unspecified atom stereocenters. The summed E-state index contributed by atoms with van der Waals surface area (Å²) in [6.45, 7) is 0. The van der Waals surface area contributed by atoms with Gasteiger partial charge in [-0.25, -0.2) is 14.4 Å².